The van der Waals surface area contributed by atoms with Crippen molar-refractivity contribution in [3.05, 3.63) is 41.5 Å². The summed E-state index contributed by atoms with van der Waals surface area (Å²) in [4.78, 5) is 23.5. The number of alkyl halides is 3. The van der Waals surface area contributed by atoms with Gasteiger partial charge in [0.2, 0.25) is 11.8 Å². The summed E-state index contributed by atoms with van der Waals surface area (Å²) in [7, 11) is 0. The van der Waals surface area contributed by atoms with Crippen molar-refractivity contribution in [2.24, 2.45) is 10.9 Å². The predicted molar refractivity (Wildman–Crippen MR) is 123 cm³/mol. The summed E-state index contributed by atoms with van der Waals surface area (Å²) in [6.07, 6.45) is 2.85. The maximum Gasteiger partial charge on any atom is 0.396 e. The maximum absolute atomic E-state index is 12.9. The van der Waals surface area contributed by atoms with Gasteiger partial charge in [0.15, 0.2) is 0 Å². The van der Waals surface area contributed by atoms with Gasteiger partial charge in [-0.2, -0.15) is 13.2 Å². The first-order chi connectivity index (χ1) is 16.3. The summed E-state index contributed by atoms with van der Waals surface area (Å²) >= 11 is 0. The van der Waals surface area contributed by atoms with Crippen molar-refractivity contribution in [1.82, 2.24) is 14.7 Å². The number of halogens is 3. The van der Waals surface area contributed by atoms with Crippen molar-refractivity contribution < 1.29 is 22.7 Å². The van der Waals surface area contributed by atoms with Crippen LogP contribution in [0.25, 0.3) is 0 Å². The van der Waals surface area contributed by atoms with Crippen LogP contribution in [-0.4, -0.2) is 84.5 Å². The average molecular weight is 477 g/mol. The number of rotatable bonds is 4. The molecule has 0 spiro atoms. The number of carbonyl (C=O) groups is 1. The molecule has 1 aliphatic carbocycles. The number of aliphatic imine (C=N–C) groups is 1. The van der Waals surface area contributed by atoms with E-state index in [1.54, 1.807) is 0 Å². The Morgan fingerprint density at radius 3 is 2.53 bits per heavy atom. The fourth-order valence-electron chi connectivity index (χ4n) is 5.07. The van der Waals surface area contributed by atoms with Crippen LogP contribution in [0.1, 0.15) is 30.4 Å². The quantitative estimate of drug-likeness (QED) is 0.670. The number of benzene rings is 1. The van der Waals surface area contributed by atoms with Crippen molar-refractivity contribution in [3.8, 4) is 5.75 Å². The third kappa shape index (κ3) is 5.30. The molecule has 1 aromatic rings. The molecule has 1 saturated carbocycles. The van der Waals surface area contributed by atoms with Crippen molar-refractivity contribution in [3.63, 3.8) is 0 Å². The highest BCUT2D eigenvalue weighted by Crippen LogP contribution is 2.30. The van der Waals surface area contributed by atoms with Gasteiger partial charge in [-0.1, -0.05) is 18.6 Å². The van der Waals surface area contributed by atoms with Crippen LogP contribution in [0.15, 0.2) is 35.3 Å². The Hall–Kier alpha value is -2.39. The van der Waals surface area contributed by atoms with E-state index in [1.807, 2.05) is 23.1 Å². The van der Waals surface area contributed by atoms with E-state index >= 15 is 0 Å². The van der Waals surface area contributed by atoms with Crippen LogP contribution < -0.4 is 4.74 Å². The fraction of sp³-hybridized carbons (Fsp3) is 0.600. The number of amides is 1. The third-order valence-electron chi connectivity index (χ3n) is 7.44. The van der Waals surface area contributed by atoms with Gasteiger partial charge in [-0.05, 0) is 48.6 Å². The van der Waals surface area contributed by atoms with Gasteiger partial charge in [0.1, 0.15) is 5.75 Å². The minimum Gasteiger partial charge on any atom is -0.439 e. The lowest BCUT2D eigenvalue weighted by molar-refractivity contribution is -0.158. The van der Waals surface area contributed by atoms with E-state index in [-0.39, 0.29) is 18.3 Å². The molecule has 34 heavy (non-hydrogen) atoms. The summed E-state index contributed by atoms with van der Waals surface area (Å²) in [5.41, 5.74) is 2.29. The summed E-state index contributed by atoms with van der Waals surface area (Å²) < 4.78 is 44.0. The third-order valence-corrected chi connectivity index (χ3v) is 7.44. The average Bonchev–Trinajstić information content (AvgIpc) is 2.78. The molecule has 1 aromatic carbocycles. The first-order valence-corrected chi connectivity index (χ1v) is 12.2. The number of dihydropyridines is 1. The molecule has 2 fully saturated rings. The summed E-state index contributed by atoms with van der Waals surface area (Å²) in [5.74, 6) is -0.582. The van der Waals surface area contributed by atoms with Crippen LogP contribution in [0.2, 0.25) is 0 Å². The molecule has 1 atom stereocenters. The number of carbonyl (C=O) groups excluding carboxylic acids is 1. The second kappa shape index (κ2) is 9.70. The van der Waals surface area contributed by atoms with Gasteiger partial charge >= 0.3 is 6.18 Å². The smallest absolute Gasteiger partial charge is 0.396 e. The zero-order chi connectivity index (χ0) is 23.7. The lowest BCUT2D eigenvalue weighted by Crippen LogP contribution is -2.55. The van der Waals surface area contributed by atoms with Gasteiger partial charge in [-0.25, -0.2) is 0 Å². The molecule has 0 bridgehead atoms. The van der Waals surface area contributed by atoms with E-state index in [1.165, 1.54) is 25.3 Å². The van der Waals surface area contributed by atoms with Crippen LogP contribution in [0.3, 0.4) is 0 Å². The van der Waals surface area contributed by atoms with E-state index in [9.17, 15) is 18.0 Å². The fourth-order valence-corrected chi connectivity index (χ4v) is 5.07. The molecule has 1 amide bonds. The molecule has 5 rings (SSSR count). The Morgan fingerprint density at radius 1 is 1.09 bits per heavy atom. The Labute approximate surface area is 198 Å². The predicted octanol–water partition coefficient (Wildman–Crippen LogP) is 3.27. The topological polar surface area (TPSA) is 48.4 Å². The van der Waals surface area contributed by atoms with E-state index < -0.39 is 12.1 Å². The minimum atomic E-state index is -4.28. The number of hydrogen-bond acceptors (Lipinski definition) is 5. The second-order valence-electron chi connectivity index (χ2n) is 9.68. The molecular weight excluding hydrogens is 445 g/mol. The normalized spacial score (nSPS) is 24.4. The maximum atomic E-state index is 12.9. The van der Waals surface area contributed by atoms with Gasteiger partial charge in [0.05, 0.1) is 19.0 Å². The summed E-state index contributed by atoms with van der Waals surface area (Å²) in [6.45, 7) is 5.20. The SMILES string of the molecule is O=C(CN1CCc2cc(OC3=NCC(C(F)(F)F)C=C3)ccc2C1)N1CCN(C2CCC2)CC1. The molecule has 0 aromatic heterocycles. The molecule has 3 aliphatic heterocycles. The lowest BCUT2D eigenvalue weighted by Gasteiger charge is -2.43. The van der Waals surface area contributed by atoms with Crippen LogP contribution in [0, 0.1) is 5.92 Å². The Bertz CT molecular complexity index is 965. The molecule has 1 unspecified atom stereocenters. The van der Waals surface area contributed by atoms with Crippen LogP contribution >= 0.6 is 0 Å². The number of nitrogens with zero attached hydrogens (tertiary/aromatic N) is 4. The highest BCUT2D eigenvalue weighted by atomic mass is 19.4. The Kier molecular flexibility index (Phi) is 6.66. The highest BCUT2D eigenvalue weighted by molar-refractivity contribution is 5.90. The monoisotopic (exact) mass is 476 g/mol. The number of piperazine rings is 1. The van der Waals surface area contributed by atoms with Gasteiger partial charge in [-0.3, -0.25) is 19.6 Å². The second-order valence-corrected chi connectivity index (χ2v) is 9.68. The summed E-state index contributed by atoms with van der Waals surface area (Å²) in [6, 6.07) is 6.46. The minimum absolute atomic E-state index is 0.195. The number of ether oxygens (including phenoxy) is 1. The highest BCUT2D eigenvalue weighted by Gasteiger charge is 2.38. The molecule has 184 valence electrons. The zero-order valence-electron chi connectivity index (χ0n) is 19.3. The first kappa shape index (κ1) is 23.4. The first-order valence-electron chi connectivity index (χ1n) is 12.2. The van der Waals surface area contributed by atoms with Gasteiger partial charge < -0.3 is 9.64 Å². The van der Waals surface area contributed by atoms with E-state index in [4.69, 9.17) is 4.74 Å². The molecule has 0 radical (unpaired) electrons. The van der Waals surface area contributed by atoms with E-state index in [2.05, 4.69) is 14.8 Å². The van der Waals surface area contributed by atoms with Crippen molar-refractivity contribution in [2.75, 3.05) is 45.8 Å². The van der Waals surface area contributed by atoms with Crippen molar-refractivity contribution in [2.45, 2.75) is 44.4 Å². The molecule has 3 heterocycles. The molecule has 1 saturated heterocycles. The summed E-state index contributed by atoms with van der Waals surface area (Å²) in [5, 5.41) is 0. The largest absolute Gasteiger partial charge is 0.439 e. The Morgan fingerprint density at radius 2 is 1.88 bits per heavy atom. The van der Waals surface area contributed by atoms with Crippen molar-refractivity contribution in [1.29, 1.82) is 0 Å². The molecule has 6 nitrogen and oxygen atoms in total. The Balaban J connectivity index is 1.11. The molecule has 0 N–H and O–H groups in total. The molecular formula is C25H31F3N4O2. The van der Waals surface area contributed by atoms with E-state index in [0.29, 0.717) is 18.8 Å². The standard InChI is InChI=1S/C25H31F3N4O2/c26-25(27,28)20-5-7-23(29-15-20)34-22-6-4-19-16-30(9-8-18(19)14-22)17-24(33)32-12-10-31(11-13-32)21-2-1-3-21/h4-7,14,20-21H,1-3,8-13,15-17H2. The van der Waals surface area contributed by atoms with E-state index in [0.717, 1.165) is 62.4 Å². The van der Waals surface area contributed by atoms with Gasteiger partial charge in [0, 0.05) is 45.3 Å². The lowest BCUT2D eigenvalue weighted by atomic mass is 9.91. The molecule has 9 heteroatoms. The van der Waals surface area contributed by atoms with Gasteiger partial charge in [0.25, 0.3) is 0 Å². The van der Waals surface area contributed by atoms with Crippen molar-refractivity contribution >= 4 is 11.8 Å². The van der Waals surface area contributed by atoms with Crippen LogP contribution in [-0.2, 0) is 17.8 Å². The van der Waals surface area contributed by atoms with Crippen LogP contribution in [0.5, 0.6) is 5.75 Å². The number of hydrogen-bond donors (Lipinski definition) is 0. The van der Waals surface area contributed by atoms with Crippen LogP contribution in [0.4, 0.5) is 13.2 Å². The zero-order valence-corrected chi connectivity index (χ0v) is 19.3. The number of fused-ring (bicyclic) bond motifs is 1. The molecule has 4 aliphatic rings. The van der Waals surface area contributed by atoms with Gasteiger partial charge in [-0.15, -0.1) is 0 Å².